The molecule has 0 aliphatic rings. The van der Waals surface area contributed by atoms with E-state index in [1.54, 1.807) is 12.4 Å². The molecule has 14 heavy (non-hydrogen) atoms. The Hall–Kier alpha value is -1.70. The van der Waals surface area contributed by atoms with Crippen molar-refractivity contribution < 1.29 is 0 Å². The van der Waals surface area contributed by atoms with E-state index in [1.165, 1.54) is 0 Å². The molecule has 0 amide bonds. The van der Waals surface area contributed by atoms with Crippen molar-refractivity contribution in [2.75, 3.05) is 0 Å². The summed E-state index contributed by atoms with van der Waals surface area (Å²) in [5, 5.41) is 0. The molecule has 0 aliphatic carbocycles. The van der Waals surface area contributed by atoms with Crippen molar-refractivity contribution in [3.05, 3.63) is 47.9 Å². The highest BCUT2D eigenvalue weighted by atomic mass is 14.7. The van der Waals surface area contributed by atoms with E-state index < -0.39 is 0 Å². The third kappa shape index (κ3) is 3.81. The highest BCUT2D eigenvalue weighted by molar-refractivity contribution is 5.55. The summed E-state index contributed by atoms with van der Waals surface area (Å²) in [5.74, 6) is 0. The molecule has 2 nitrogen and oxygen atoms in total. The smallest absolute Gasteiger partial charge is 0.0368 e. The van der Waals surface area contributed by atoms with Gasteiger partial charge in [0.15, 0.2) is 0 Å². The molecule has 1 aromatic rings. The van der Waals surface area contributed by atoms with Crippen LogP contribution in [0.15, 0.2) is 47.4 Å². The standard InChI is InChI=1S/C12H14N2/c1-3-14-11(2)6-4-7-12-8-5-9-13-10-12/h3-10H,1-2H3/b7-4-,11-6+,14-3?. The lowest BCUT2D eigenvalue weighted by Gasteiger charge is -1.89. The minimum absolute atomic E-state index is 0.993. The van der Waals surface area contributed by atoms with Gasteiger partial charge in [-0.05, 0) is 31.6 Å². The van der Waals surface area contributed by atoms with Crippen LogP contribution in [0.4, 0.5) is 0 Å². The second kappa shape index (κ2) is 5.86. The Morgan fingerprint density at radius 3 is 3.00 bits per heavy atom. The Morgan fingerprint density at radius 2 is 2.36 bits per heavy atom. The molecule has 0 atom stereocenters. The Balaban J connectivity index is 2.62. The lowest BCUT2D eigenvalue weighted by atomic mass is 10.2. The van der Waals surface area contributed by atoms with Gasteiger partial charge in [-0.1, -0.05) is 18.2 Å². The van der Waals surface area contributed by atoms with Crippen molar-refractivity contribution in [2.24, 2.45) is 4.99 Å². The second-order valence-corrected chi connectivity index (χ2v) is 2.84. The molecule has 1 heterocycles. The van der Waals surface area contributed by atoms with Crippen LogP contribution in [-0.4, -0.2) is 11.2 Å². The molecule has 72 valence electrons. The van der Waals surface area contributed by atoms with E-state index in [1.807, 2.05) is 50.4 Å². The molecule has 0 saturated carbocycles. The molecule has 0 aliphatic heterocycles. The Bertz CT molecular complexity index is 348. The molecule has 0 saturated heterocycles. The normalized spacial score (nSPS) is 12.9. The monoisotopic (exact) mass is 186 g/mol. The second-order valence-electron chi connectivity index (χ2n) is 2.84. The minimum atomic E-state index is 0.993. The Labute approximate surface area is 84.7 Å². The van der Waals surface area contributed by atoms with E-state index in [0.717, 1.165) is 11.3 Å². The number of hydrogen-bond donors (Lipinski definition) is 0. The van der Waals surface area contributed by atoms with Gasteiger partial charge in [-0.3, -0.25) is 9.98 Å². The molecule has 0 bridgehead atoms. The first kappa shape index (κ1) is 10.4. The molecule has 0 fully saturated rings. The maximum Gasteiger partial charge on any atom is 0.0368 e. The van der Waals surface area contributed by atoms with Crippen molar-refractivity contribution in [3.8, 4) is 0 Å². The van der Waals surface area contributed by atoms with E-state index in [9.17, 15) is 0 Å². The van der Waals surface area contributed by atoms with Gasteiger partial charge in [0, 0.05) is 24.3 Å². The fourth-order valence-electron chi connectivity index (χ4n) is 1.02. The van der Waals surface area contributed by atoms with Crippen LogP contribution in [0.1, 0.15) is 19.4 Å². The van der Waals surface area contributed by atoms with Gasteiger partial charge in [0.2, 0.25) is 0 Å². The maximum absolute atomic E-state index is 4.12. The van der Waals surface area contributed by atoms with Crippen molar-refractivity contribution in [1.29, 1.82) is 0 Å². The molecule has 0 radical (unpaired) electrons. The summed E-state index contributed by atoms with van der Waals surface area (Å²) in [6.07, 6.45) is 11.3. The number of allylic oxidation sites excluding steroid dienone is 3. The third-order valence-corrected chi connectivity index (χ3v) is 1.64. The quantitative estimate of drug-likeness (QED) is 0.526. The first-order valence-electron chi connectivity index (χ1n) is 4.56. The highest BCUT2D eigenvalue weighted by Crippen LogP contribution is 2.00. The van der Waals surface area contributed by atoms with E-state index in [2.05, 4.69) is 9.98 Å². The lowest BCUT2D eigenvalue weighted by molar-refractivity contribution is 1.31. The molecular formula is C12H14N2. The number of rotatable bonds is 3. The zero-order chi connectivity index (χ0) is 10.2. The maximum atomic E-state index is 4.12. The number of hydrogen-bond acceptors (Lipinski definition) is 2. The topological polar surface area (TPSA) is 25.2 Å². The molecule has 1 aromatic heterocycles. The van der Waals surface area contributed by atoms with Crippen molar-refractivity contribution >= 4 is 12.3 Å². The van der Waals surface area contributed by atoms with Gasteiger partial charge in [0.05, 0.1) is 0 Å². The van der Waals surface area contributed by atoms with Gasteiger partial charge in [0.25, 0.3) is 0 Å². The number of aromatic nitrogens is 1. The van der Waals surface area contributed by atoms with Crippen LogP contribution in [0.3, 0.4) is 0 Å². The van der Waals surface area contributed by atoms with Gasteiger partial charge in [-0.15, -0.1) is 0 Å². The summed E-state index contributed by atoms with van der Waals surface area (Å²) in [4.78, 5) is 8.14. The third-order valence-electron chi connectivity index (χ3n) is 1.64. The molecule has 1 rings (SSSR count). The molecular weight excluding hydrogens is 172 g/mol. The van der Waals surface area contributed by atoms with E-state index in [-0.39, 0.29) is 0 Å². The van der Waals surface area contributed by atoms with Gasteiger partial charge >= 0.3 is 0 Å². The highest BCUT2D eigenvalue weighted by Gasteiger charge is 1.82. The summed E-state index contributed by atoms with van der Waals surface area (Å²) in [6.45, 7) is 3.87. The minimum Gasteiger partial charge on any atom is -0.266 e. The zero-order valence-corrected chi connectivity index (χ0v) is 8.51. The van der Waals surface area contributed by atoms with Crippen LogP contribution < -0.4 is 0 Å². The number of pyridine rings is 1. The zero-order valence-electron chi connectivity index (χ0n) is 8.51. The summed E-state index contributed by atoms with van der Waals surface area (Å²) in [5.41, 5.74) is 2.09. The number of aliphatic imine (C=N–C) groups is 1. The van der Waals surface area contributed by atoms with Crippen LogP contribution in [-0.2, 0) is 0 Å². The average Bonchev–Trinajstić information content (AvgIpc) is 2.20. The van der Waals surface area contributed by atoms with Crippen molar-refractivity contribution in [2.45, 2.75) is 13.8 Å². The van der Waals surface area contributed by atoms with Gasteiger partial charge in [0.1, 0.15) is 0 Å². The summed E-state index contributed by atoms with van der Waals surface area (Å²) in [7, 11) is 0. The molecule has 0 spiro atoms. The van der Waals surface area contributed by atoms with Crippen LogP contribution in [0, 0.1) is 0 Å². The molecule has 0 N–H and O–H groups in total. The first-order valence-corrected chi connectivity index (χ1v) is 4.56. The Morgan fingerprint density at radius 1 is 1.50 bits per heavy atom. The molecule has 2 heteroatoms. The van der Waals surface area contributed by atoms with Crippen LogP contribution >= 0.6 is 0 Å². The SMILES string of the molecule is CC=N/C(C)=C/C=C\c1cccnc1. The van der Waals surface area contributed by atoms with Crippen molar-refractivity contribution in [3.63, 3.8) is 0 Å². The largest absolute Gasteiger partial charge is 0.266 e. The average molecular weight is 186 g/mol. The summed E-state index contributed by atoms with van der Waals surface area (Å²) in [6, 6.07) is 3.93. The predicted molar refractivity (Wildman–Crippen MR) is 61.2 cm³/mol. The lowest BCUT2D eigenvalue weighted by Crippen LogP contribution is -1.72. The van der Waals surface area contributed by atoms with E-state index >= 15 is 0 Å². The molecule has 0 unspecified atom stereocenters. The fourth-order valence-corrected chi connectivity index (χ4v) is 1.02. The van der Waals surface area contributed by atoms with E-state index in [4.69, 9.17) is 0 Å². The van der Waals surface area contributed by atoms with Crippen molar-refractivity contribution in [1.82, 2.24) is 4.98 Å². The van der Waals surface area contributed by atoms with Gasteiger partial charge in [-0.25, -0.2) is 0 Å². The summed E-state index contributed by atoms with van der Waals surface area (Å²) >= 11 is 0. The summed E-state index contributed by atoms with van der Waals surface area (Å²) < 4.78 is 0. The molecule has 0 aromatic carbocycles. The van der Waals surface area contributed by atoms with Crippen LogP contribution in [0.25, 0.3) is 6.08 Å². The fraction of sp³-hybridized carbons (Fsp3) is 0.167. The van der Waals surface area contributed by atoms with Crippen LogP contribution in [0.2, 0.25) is 0 Å². The first-order chi connectivity index (χ1) is 6.83. The Kier molecular flexibility index (Phi) is 4.35. The van der Waals surface area contributed by atoms with E-state index in [0.29, 0.717) is 0 Å². The van der Waals surface area contributed by atoms with Gasteiger partial charge in [-0.2, -0.15) is 0 Å². The van der Waals surface area contributed by atoms with Gasteiger partial charge < -0.3 is 0 Å². The predicted octanol–water partition coefficient (Wildman–Crippen LogP) is 3.09. The number of nitrogens with zero attached hydrogens (tertiary/aromatic N) is 2. The van der Waals surface area contributed by atoms with Crippen LogP contribution in [0.5, 0.6) is 0 Å².